The highest BCUT2D eigenvalue weighted by Gasteiger charge is 2.13. The van der Waals surface area contributed by atoms with Gasteiger partial charge in [-0.1, -0.05) is 0 Å². The van der Waals surface area contributed by atoms with Crippen LogP contribution in [0.5, 0.6) is 0 Å². The number of ether oxygens (including phenoxy) is 4. The first-order chi connectivity index (χ1) is 10.2. The van der Waals surface area contributed by atoms with Crippen LogP contribution in [0, 0.1) is 0 Å². The highest BCUT2D eigenvalue weighted by molar-refractivity contribution is 5.89. The average Bonchev–Trinajstić information content (AvgIpc) is 2.86. The fraction of sp³-hybridized carbons (Fsp3) is 0.643. The minimum atomic E-state index is -0.395. The SMILES string of the molecule is CCn1cc(N)cc1C(=O)OCCOCCOCCOC. The number of carbonyl (C=O) groups excluding carboxylic acids is 1. The fourth-order valence-electron chi connectivity index (χ4n) is 1.70. The van der Waals surface area contributed by atoms with Gasteiger partial charge in [0.15, 0.2) is 0 Å². The molecule has 1 aromatic rings. The lowest BCUT2D eigenvalue weighted by Crippen LogP contribution is -2.16. The van der Waals surface area contributed by atoms with Gasteiger partial charge >= 0.3 is 5.97 Å². The van der Waals surface area contributed by atoms with E-state index in [0.29, 0.717) is 51.0 Å². The average molecular weight is 300 g/mol. The van der Waals surface area contributed by atoms with E-state index < -0.39 is 5.97 Å². The molecule has 0 fully saturated rings. The topological polar surface area (TPSA) is 84.9 Å². The number of nitrogens with two attached hydrogens (primary N) is 1. The molecule has 0 aliphatic rings. The molecule has 1 heterocycles. The first-order valence-electron chi connectivity index (χ1n) is 6.96. The third kappa shape index (κ3) is 6.61. The zero-order valence-electron chi connectivity index (χ0n) is 12.7. The molecule has 0 aromatic carbocycles. The van der Waals surface area contributed by atoms with Crippen LogP contribution in [0.15, 0.2) is 12.3 Å². The third-order valence-corrected chi connectivity index (χ3v) is 2.73. The minimum absolute atomic E-state index is 0.200. The molecule has 0 saturated heterocycles. The molecule has 1 aromatic heterocycles. The lowest BCUT2D eigenvalue weighted by Gasteiger charge is -2.08. The summed E-state index contributed by atoms with van der Waals surface area (Å²) in [7, 11) is 1.62. The summed E-state index contributed by atoms with van der Waals surface area (Å²) in [4.78, 5) is 11.9. The van der Waals surface area contributed by atoms with Gasteiger partial charge in [0.2, 0.25) is 0 Å². The Morgan fingerprint density at radius 1 is 1.14 bits per heavy atom. The van der Waals surface area contributed by atoms with Gasteiger partial charge in [-0.15, -0.1) is 0 Å². The number of aryl methyl sites for hydroxylation is 1. The van der Waals surface area contributed by atoms with Crippen molar-refractivity contribution in [2.75, 3.05) is 52.5 Å². The van der Waals surface area contributed by atoms with Crippen molar-refractivity contribution in [2.45, 2.75) is 13.5 Å². The molecule has 0 amide bonds. The van der Waals surface area contributed by atoms with E-state index in [0.717, 1.165) is 0 Å². The van der Waals surface area contributed by atoms with Crippen molar-refractivity contribution >= 4 is 11.7 Å². The van der Waals surface area contributed by atoms with E-state index in [4.69, 9.17) is 24.7 Å². The zero-order valence-corrected chi connectivity index (χ0v) is 12.7. The lowest BCUT2D eigenvalue weighted by molar-refractivity contribution is 0.00533. The summed E-state index contributed by atoms with van der Waals surface area (Å²) < 4.78 is 22.2. The van der Waals surface area contributed by atoms with Gasteiger partial charge in [-0.05, 0) is 13.0 Å². The van der Waals surface area contributed by atoms with E-state index in [1.54, 1.807) is 23.9 Å². The van der Waals surface area contributed by atoms with Crippen LogP contribution in [-0.2, 0) is 25.5 Å². The molecule has 21 heavy (non-hydrogen) atoms. The molecule has 1 rings (SSSR count). The van der Waals surface area contributed by atoms with Crippen LogP contribution < -0.4 is 5.73 Å². The number of hydrogen-bond donors (Lipinski definition) is 1. The normalized spacial score (nSPS) is 10.8. The molecule has 0 radical (unpaired) electrons. The van der Waals surface area contributed by atoms with Crippen molar-refractivity contribution in [3.8, 4) is 0 Å². The van der Waals surface area contributed by atoms with Gasteiger partial charge in [0.1, 0.15) is 12.3 Å². The molecule has 120 valence electrons. The number of esters is 1. The summed E-state index contributed by atoms with van der Waals surface area (Å²) in [5, 5.41) is 0. The molecule has 7 nitrogen and oxygen atoms in total. The van der Waals surface area contributed by atoms with Gasteiger partial charge in [0.25, 0.3) is 0 Å². The highest BCUT2D eigenvalue weighted by atomic mass is 16.6. The predicted octanol–water partition coefficient (Wildman–Crippen LogP) is 0.927. The van der Waals surface area contributed by atoms with Crippen molar-refractivity contribution in [1.82, 2.24) is 4.57 Å². The Morgan fingerprint density at radius 3 is 2.38 bits per heavy atom. The van der Waals surface area contributed by atoms with E-state index in [1.807, 2.05) is 6.92 Å². The maximum absolute atomic E-state index is 11.9. The van der Waals surface area contributed by atoms with Gasteiger partial charge < -0.3 is 29.2 Å². The molecule has 0 aliphatic heterocycles. The molecule has 0 spiro atoms. The van der Waals surface area contributed by atoms with E-state index >= 15 is 0 Å². The number of carbonyl (C=O) groups is 1. The zero-order chi connectivity index (χ0) is 15.5. The fourth-order valence-corrected chi connectivity index (χ4v) is 1.70. The van der Waals surface area contributed by atoms with Gasteiger partial charge in [-0.2, -0.15) is 0 Å². The lowest BCUT2D eigenvalue weighted by atomic mass is 10.4. The van der Waals surface area contributed by atoms with Crippen LogP contribution in [0.3, 0.4) is 0 Å². The number of nitrogen functional groups attached to an aromatic ring is 1. The maximum atomic E-state index is 11.9. The minimum Gasteiger partial charge on any atom is -0.459 e. The smallest absolute Gasteiger partial charge is 0.355 e. The van der Waals surface area contributed by atoms with Crippen molar-refractivity contribution in [3.63, 3.8) is 0 Å². The van der Waals surface area contributed by atoms with Gasteiger partial charge in [-0.25, -0.2) is 4.79 Å². The molecule has 0 saturated carbocycles. The number of rotatable bonds is 11. The maximum Gasteiger partial charge on any atom is 0.355 e. The summed E-state index contributed by atoms with van der Waals surface area (Å²) in [6.45, 7) is 5.20. The summed E-state index contributed by atoms with van der Waals surface area (Å²) in [5.41, 5.74) is 6.67. The van der Waals surface area contributed by atoms with Crippen LogP contribution in [-0.4, -0.2) is 57.3 Å². The van der Waals surface area contributed by atoms with Crippen LogP contribution in [0.25, 0.3) is 0 Å². The first kappa shape index (κ1) is 17.5. The van der Waals surface area contributed by atoms with E-state index in [-0.39, 0.29) is 6.61 Å². The number of anilines is 1. The quantitative estimate of drug-likeness (QED) is 0.483. The molecular weight excluding hydrogens is 276 g/mol. The summed E-state index contributed by atoms with van der Waals surface area (Å²) in [6, 6.07) is 1.61. The Bertz CT molecular complexity index is 419. The van der Waals surface area contributed by atoms with Crippen LogP contribution >= 0.6 is 0 Å². The predicted molar refractivity (Wildman–Crippen MR) is 78.3 cm³/mol. The molecular formula is C14H24N2O5. The first-order valence-corrected chi connectivity index (χ1v) is 6.96. The second-order valence-corrected chi connectivity index (χ2v) is 4.30. The van der Waals surface area contributed by atoms with E-state index in [1.165, 1.54) is 0 Å². The Kier molecular flexibility index (Phi) is 8.49. The standard InChI is InChI=1S/C14H24N2O5/c1-3-16-11-12(15)10-13(16)14(17)21-9-8-20-7-6-19-5-4-18-2/h10-11H,3-9,15H2,1-2H3. The Balaban J connectivity index is 2.11. The molecule has 0 unspecified atom stereocenters. The molecule has 0 aliphatic carbocycles. The third-order valence-electron chi connectivity index (χ3n) is 2.73. The van der Waals surface area contributed by atoms with Crippen molar-refractivity contribution in [1.29, 1.82) is 0 Å². The van der Waals surface area contributed by atoms with Gasteiger partial charge in [-0.3, -0.25) is 0 Å². The molecule has 2 N–H and O–H groups in total. The number of methoxy groups -OCH3 is 1. The number of nitrogens with zero attached hydrogens (tertiary/aromatic N) is 1. The van der Waals surface area contributed by atoms with E-state index in [9.17, 15) is 4.79 Å². The highest BCUT2D eigenvalue weighted by Crippen LogP contribution is 2.11. The van der Waals surface area contributed by atoms with Crippen molar-refractivity contribution < 1.29 is 23.7 Å². The Labute approximate surface area is 124 Å². The molecule has 0 bridgehead atoms. The van der Waals surface area contributed by atoms with Gasteiger partial charge in [0, 0.05) is 19.9 Å². The number of aromatic nitrogens is 1. The summed E-state index contributed by atoms with van der Waals surface area (Å²) in [5.74, 6) is -0.395. The second-order valence-electron chi connectivity index (χ2n) is 4.30. The van der Waals surface area contributed by atoms with Crippen molar-refractivity contribution in [2.24, 2.45) is 0 Å². The monoisotopic (exact) mass is 300 g/mol. The van der Waals surface area contributed by atoms with Crippen LogP contribution in [0.4, 0.5) is 5.69 Å². The molecule has 0 atom stereocenters. The number of hydrogen-bond acceptors (Lipinski definition) is 6. The summed E-state index contributed by atoms with van der Waals surface area (Å²) >= 11 is 0. The Morgan fingerprint density at radius 2 is 1.76 bits per heavy atom. The summed E-state index contributed by atoms with van der Waals surface area (Å²) in [6.07, 6.45) is 1.71. The van der Waals surface area contributed by atoms with Crippen LogP contribution in [0.1, 0.15) is 17.4 Å². The van der Waals surface area contributed by atoms with Crippen LogP contribution in [0.2, 0.25) is 0 Å². The Hall–Kier alpha value is -1.57. The largest absolute Gasteiger partial charge is 0.459 e. The molecule has 7 heteroatoms. The van der Waals surface area contributed by atoms with E-state index in [2.05, 4.69) is 0 Å². The van der Waals surface area contributed by atoms with Gasteiger partial charge in [0.05, 0.1) is 38.7 Å². The second kappa shape index (κ2) is 10.2. The van der Waals surface area contributed by atoms with Crippen molar-refractivity contribution in [3.05, 3.63) is 18.0 Å².